The molecule has 0 aromatic heterocycles. The van der Waals surface area contributed by atoms with E-state index in [4.69, 9.17) is 4.74 Å². The number of aryl methyl sites for hydroxylation is 1. The minimum atomic E-state index is -0.816. The highest BCUT2D eigenvalue weighted by molar-refractivity contribution is 5.67. The average Bonchev–Trinajstić information content (AvgIpc) is 2.27. The molecule has 1 rings (SSSR count). The number of alkyl carbamates (subject to hydrolysis) is 1. The number of benzene rings is 1. The number of amides is 1. The van der Waals surface area contributed by atoms with Crippen molar-refractivity contribution in [3.05, 3.63) is 35.4 Å². The van der Waals surface area contributed by atoms with E-state index in [1.54, 1.807) is 6.92 Å². The first kappa shape index (κ1) is 14.5. The van der Waals surface area contributed by atoms with Crippen molar-refractivity contribution in [2.75, 3.05) is 0 Å². The Bertz CT molecular complexity index is 404. The van der Waals surface area contributed by atoms with Gasteiger partial charge in [0.15, 0.2) is 0 Å². The van der Waals surface area contributed by atoms with Crippen LogP contribution < -0.4 is 5.32 Å². The van der Waals surface area contributed by atoms with Gasteiger partial charge in [-0.2, -0.15) is 0 Å². The summed E-state index contributed by atoms with van der Waals surface area (Å²) in [6.07, 6.45) is -1.92. The van der Waals surface area contributed by atoms with E-state index in [0.717, 1.165) is 11.1 Å². The summed E-state index contributed by atoms with van der Waals surface area (Å²) in [6, 6.07) is 7.52. The van der Waals surface area contributed by atoms with Crippen LogP contribution in [-0.4, -0.2) is 23.3 Å². The van der Waals surface area contributed by atoms with Crippen LogP contribution in [0.4, 0.5) is 4.79 Å². The highest BCUT2D eigenvalue weighted by atomic mass is 16.6. The molecule has 4 heteroatoms. The second-order valence-electron chi connectivity index (χ2n) is 4.71. The molecule has 0 spiro atoms. The maximum absolute atomic E-state index is 11.4. The molecule has 1 amide bonds. The summed E-state index contributed by atoms with van der Waals surface area (Å²) >= 11 is 0. The van der Waals surface area contributed by atoms with E-state index in [-0.39, 0.29) is 6.04 Å². The van der Waals surface area contributed by atoms with Gasteiger partial charge in [-0.25, -0.2) is 4.79 Å². The summed E-state index contributed by atoms with van der Waals surface area (Å²) in [4.78, 5) is 11.4. The van der Waals surface area contributed by atoms with E-state index in [1.807, 2.05) is 45.0 Å². The van der Waals surface area contributed by atoms with Crippen LogP contribution in [-0.2, 0) is 4.74 Å². The number of rotatable bonds is 4. The number of aliphatic hydroxyl groups is 1. The first-order chi connectivity index (χ1) is 8.41. The molecular weight excluding hydrogens is 230 g/mol. The molecule has 0 unspecified atom stereocenters. The van der Waals surface area contributed by atoms with Crippen molar-refractivity contribution < 1.29 is 14.6 Å². The Hall–Kier alpha value is -1.55. The van der Waals surface area contributed by atoms with Crippen molar-refractivity contribution in [2.45, 2.75) is 45.9 Å². The molecule has 0 bridgehead atoms. The van der Waals surface area contributed by atoms with Crippen LogP contribution in [0.15, 0.2) is 24.3 Å². The van der Waals surface area contributed by atoms with Gasteiger partial charge in [-0.05, 0) is 38.8 Å². The molecule has 1 aromatic carbocycles. The Labute approximate surface area is 108 Å². The molecule has 0 aliphatic carbocycles. The van der Waals surface area contributed by atoms with Crippen molar-refractivity contribution in [1.82, 2.24) is 5.32 Å². The summed E-state index contributed by atoms with van der Waals surface area (Å²) in [7, 11) is 0. The summed E-state index contributed by atoms with van der Waals surface area (Å²) in [5, 5.41) is 12.8. The zero-order valence-electron chi connectivity index (χ0n) is 11.3. The maximum Gasteiger partial charge on any atom is 0.407 e. The Morgan fingerprint density at radius 2 is 1.89 bits per heavy atom. The molecule has 0 radical (unpaired) electrons. The fraction of sp³-hybridized carbons (Fsp3) is 0.500. The van der Waals surface area contributed by atoms with E-state index < -0.39 is 18.3 Å². The van der Waals surface area contributed by atoms with Crippen LogP contribution in [0.1, 0.15) is 38.0 Å². The van der Waals surface area contributed by atoms with Crippen LogP contribution in [0, 0.1) is 6.92 Å². The molecule has 4 nitrogen and oxygen atoms in total. The molecule has 0 fully saturated rings. The number of carbonyl (C=O) groups excluding carboxylic acids is 1. The fourth-order valence-electron chi connectivity index (χ4n) is 1.67. The molecular formula is C14H21NO3. The summed E-state index contributed by atoms with van der Waals surface area (Å²) in [6.45, 7) is 7.30. The van der Waals surface area contributed by atoms with E-state index in [9.17, 15) is 9.90 Å². The molecule has 0 aliphatic rings. The first-order valence-corrected chi connectivity index (χ1v) is 6.12. The standard InChI is InChI=1S/C14H21NO3/c1-9(2)15-14(17)18-11(4)13(16)12-8-6-5-7-10(12)3/h5-9,11,13,16H,1-4H3,(H,15,17)/t11-,13+/m0/s1. The smallest absolute Gasteiger partial charge is 0.407 e. The van der Waals surface area contributed by atoms with Gasteiger partial charge in [-0.1, -0.05) is 24.3 Å². The third-order valence-corrected chi connectivity index (χ3v) is 2.65. The van der Waals surface area contributed by atoms with Gasteiger partial charge in [0, 0.05) is 6.04 Å². The normalized spacial score (nSPS) is 14.1. The molecule has 0 saturated carbocycles. The molecule has 2 N–H and O–H groups in total. The van der Waals surface area contributed by atoms with Crippen LogP contribution in [0.25, 0.3) is 0 Å². The quantitative estimate of drug-likeness (QED) is 0.864. The summed E-state index contributed by atoms with van der Waals surface area (Å²) in [5.41, 5.74) is 1.76. The maximum atomic E-state index is 11.4. The number of ether oxygens (including phenoxy) is 1. The van der Waals surface area contributed by atoms with Crippen LogP contribution in [0.3, 0.4) is 0 Å². The zero-order chi connectivity index (χ0) is 13.7. The largest absolute Gasteiger partial charge is 0.443 e. The molecule has 100 valence electrons. The van der Waals surface area contributed by atoms with Crippen molar-refractivity contribution in [2.24, 2.45) is 0 Å². The second kappa shape index (κ2) is 6.40. The minimum Gasteiger partial charge on any atom is -0.443 e. The van der Waals surface area contributed by atoms with Crippen LogP contribution >= 0.6 is 0 Å². The highest BCUT2D eigenvalue weighted by Crippen LogP contribution is 2.22. The SMILES string of the molecule is Cc1ccccc1[C@H](O)[C@H](C)OC(=O)NC(C)C. The van der Waals surface area contributed by atoms with Gasteiger partial charge in [0.1, 0.15) is 12.2 Å². The third-order valence-electron chi connectivity index (χ3n) is 2.65. The van der Waals surface area contributed by atoms with Gasteiger partial charge >= 0.3 is 6.09 Å². The highest BCUT2D eigenvalue weighted by Gasteiger charge is 2.21. The minimum absolute atomic E-state index is 0.0142. The number of carbonyl (C=O) groups is 1. The van der Waals surface area contributed by atoms with E-state index in [0.29, 0.717) is 0 Å². The monoisotopic (exact) mass is 251 g/mol. The molecule has 2 atom stereocenters. The second-order valence-corrected chi connectivity index (χ2v) is 4.71. The van der Waals surface area contributed by atoms with Gasteiger partial charge in [-0.15, -0.1) is 0 Å². The van der Waals surface area contributed by atoms with E-state index in [1.165, 1.54) is 0 Å². The van der Waals surface area contributed by atoms with Gasteiger partial charge < -0.3 is 15.2 Å². The summed E-state index contributed by atoms with van der Waals surface area (Å²) < 4.78 is 5.13. The van der Waals surface area contributed by atoms with Crippen molar-refractivity contribution in [1.29, 1.82) is 0 Å². The zero-order valence-corrected chi connectivity index (χ0v) is 11.3. The third kappa shape index (κ3) is 4.04. The molecule has 0 aliphatic heterocycles. The van der Waals surface area contributed by atoms with Crippen molar-refractivity contribution >= 4 is 6.09 Å². The average molecular weight is 251 g/mol. The van der Waals surface area contributed by atoms with Crippen LogP contribution in [0.2, 0.25) is 0 Å². The van der Waals surface area contributed by atoms with E-state index >= 15 is 0 Å². The van der Waals surface area contributed by atoms with Gasteiger partial charge in [0.2, 0.25) is 0 Å². The molecule has 0 heterocycles. The van der Waals surface area contributed by atoms with Gasteiger partial charge in [-0.3, -0.25) is 0 Å². The lowest BCUT2D eigenvalue weighted by Gasteiger charge is -2.21. The van der Waals surface area contributed by atoms with E-state index in [2.05, 4.69) is 5.32 Å². The van der Waals surface area contributed by atoms with Crippen LogP contribution in [0.5, 0.6) is 0 Å². The number of hydrogen-bond acceptors (Lipinski definition) is 3. The van der Waals surface area contributed by atoms with Crippen molar-refractivity contribution in [3.63, 3.8) is 0 Å². The number of hydrogen-bond donors (Lipinski definition) is 2. The number of aliphatic hydroxyl groups excluding tert-OH is 1. The topological polar surface area (TPSA) is 58.6 Å². The van der Waals surface area contributed by atoms with Gasteiger partial charge in [0.25, 0.3) is 0 Å². The Kier molecular flexibility index (Phi) is 5.16. The fourth-order valence-corrected chi connectivity index (χ4v) is 1.67. The Morgan fingerprint density at radius 1 is 1.28 bits per heavy atom. The summed E-state index contributed by atoms with van der Waals surface area (Å²) in [5.74, 6) is 0. The molecule has 1 aromatic rings. The lowest BCUT2D eigenvalue weighted by atomic mass is 10.0. The molecule has 18 heavy (non-hydrogen) atoms. The Balaban J connectivity index is 2.64. The predicted octanol–water partition coefficient (Wildman–Crippen LogP) is 2.55. The Morgan fingerprint density at radius 3 is 2.44 bits per heavy atom. The van der Waals surface area contributed by atoms with Gasteiger partial charge in [0.05, 0.1) is 0 Å². The van der Waals surface area contributed by atoms with Crippen molar-refractivity contribution in [3.8, 4) is 0 Å². The predicted molar refractivity (Wildman–Crippen MR) is 70.4 cm³/mol. The first-order valence-electron chi connectivity index (χ1n) is 6.12. The molecule has 0 saturated heterocycles. The lowest BCUT2D eigenvalue weighted by molar-refractivity contribution is 0.0108. The lowest BCUT2D eigenvalue weighted by Crippen LogP contribution is -2.34. The number of nitrogens with one attached hydrogen (secondary N) is 1.